The SMILES string of the molecule is ClCCCc1cccc(NCCCc2ccccc2)c1. The van der Waals surface area contributed by atoms with Crippen molar-refractivity contribution in [1.29, 1.82) is 0 Å². The van der Waals surface area contributed by atoms with Crippen LogP contribution in [0.1, 0.15) is 24.0 Å². The lowest BCUT2D eigenvalue weighted by atomic mass is 10.1. The molecule has 2 heteroatoms. The number of hydrogen-bond donors (Lipinski definition) is 1. The number of hydrogen-bond acceptors (Lipinski definition) is 1. The summed E-state index contributed by atoms with van der Waals surface area (Å²) in [5, 5.41) is 3.50. The molecule has 1 nitrogen and oxygen atoms in total. The summed E-state index contributed by atoms with van der Waals surface area (Å²) in [6.07, 6.45) is 4.37. The summed E-state index contributed by atoms with van der Waals surface area (Å²) >= 11 is 5.74. The van der Waals surface area contributed by atoms with Gasteiger partial charge in [0.1, 0.15) is 0 Å². The molecule has 0 saturated heterocycles. The van der Waals surface area contributed by atoms with Crippen LogP contribution in [0.25, 0.3) is 0 Å². The van der Waals surface area contributed by atoms with E-state index < -0.39 is 0 Å². The van der Waals surface area contributed by atoms with Gasteiger partial charge < -0.3 is 5.32 Å². The summed E-state index contributed by atoms with van der Waals surface area (Å²) in [6.45, 7) is 1.01. The second-order valence-corrected chi connectivity index (χ2v) is 5.39. The van der Waals surface area contributed by atoms with Crippen LogP contribution in [0.15, 0.2) is 54.6 Å². The van der Waals surface area contributed by atoms with Gasteiger partial charge in [0, 0.05) is 18.1 Å². The van der Waals surface area contributed by atoms with E-state index in [1.807, 2.05) is 0 Å². The van der Waals surface area contributed by atoms with E-state index in [1.54, 1.807) is 0 Å². The Bertz CT molecular complexity index is 496. The van der Waals surface area contributed by atoms with Crippen LogP contribution < -0.4 is 5.32 Å². The minimum atomic E-state index is 0.731. The predicted molar refractivity (Wildman–Crippen MR) is 88.7 cm³/mol. The number of anilines is 1. The van der Waals surface area contributed by atoms with E-state index in [2.05, 4.69) is 59.9 Å². The zero-order chi connectivity index (χ0) is 14.0. The quantitative estimate of drug-likeness (QED) is 0.538. The first-order valence-corrected chi connectivity index (χ1v) is 7.84. The highest BCUT2D eigenvalue weighted by molar-refractivity contribution is 6.17. The summed E-state index contributed by atoms with van der Waals surface area (Å²) in [7, 11) is 0. The Morgan fingerprint density at radius 2 is 1.55 bits per heavy atom. The van der Waals surface area contributed by atoms with Crippen molar-refractivity contribution in [2.75, 3.05) is 17.7 Å². The molecule has 0 radical (unpaired) electrons. The minimum absolute atomic E-state index is 0.731. The van der Waals surface area contributed by atoms with E-state index in [4.69, 9.17) is 11.6 Å². The molecule has 0 spiro atoms. The Morgan fingerprint density at radius 3 is 2.35 bits per heavy atom. The van der Waals surface area contributed by atoms with Gasteiger partial charge in [0.15, 0.2) is 0 Å². The van der Waals surface area contributed by atoms with Crippen molar-refractivity contribution in [2.45, 2.75) is 25.7 Å². The lowest BCUT2D eigenvalue weighted by molar-refractivity contribution is 0.862. The van der Waals surface area contributed by atoms with Crippen molar-refractivity contribution in [3.8, 4) is 0 Å². The number of rotatable bonds is 8. The third-order valence-corrected chi connectivity index (χ3v) is 3.61. The molecule has 2 aromatic carbocycles. The molecule has 0 aromatic heterocycles. The Morgan fingerprint density at radius 1 is 0.800 bits per heavy atom. The summed E-state index contributed by atoms with van der Waals surface area (Å²) in [5.41, 5.74) is 3.98. The average molecular weight is 288 g/mol. The number of alkyl halides is 1. The van der Waals surface area contributed by atoms with E-state index in [9.17, 15) is 0 Å². The summed E-state index contributed by atoms with van der Waals surface area (Å²) < 4.78 is 0. The standard InChI is InChI=1S/C18H22ClN/c19-13-5-10-17-9-4-12-18(15-17)20-14-6-11-16-7-2-1-3-8-16/h1-4,7-9,12,15,20H,5-6,10-11,13-14H2. The van der Waals surface area contributed by atoms with E-state index in [0.29, 0.717) is 0 Å². The maximum atomic E-state index is 5.74. The largest absolute Gasteiger partial charge is 0.385 e. The first-order valence-electron chi connectivity index (χ1n) is 7.31. The van der Waals surface area contributed by atoms with E-state index in [-0.39, 0.29) is 0 Å². The van der Waals surface area contributed by atoms with E-state index in [1.165, 1.54) is 16.8 Å². The number of halogens is 1. The normalized spacial score (nSPS) is 10.4. The predicted octanol–water partition coefficient (Wildman–Crippen LogP) is 4.90. The first kappa shape index (κ1) is 14.9. The van der Waals surface area contributed by atoms with Crippen molar-refractivity contribution >= 4 is 17.3 Å². The third kappa shape index (κ3) is 5.26. The molecule has 0 aliphatic heterocycles. The van der Waals surface area contributed by atoms with Gasteiger partial charge in [0.2, 0.25) is 0 Å². The summed E-state index contributed by atoms with van der Waals surface area (Å²) in [6, 6.07) is 19.3. The van der Waals surface area contributed by atoms with Gasteiger partial charge in [0.05, 0.1) is 0 Å². The molecule has 0 fully saturated rings. The van der Waals surface area contributed by atoms with Gasteiger partial charge in [-0.05, 0) is 48.9 Å². The zero-order valence-electron chi connectivity index (χ0n) is 11.8. The molecule has 0 amide bonds. The smallest absolute Gasteiger partial charge is 0.0342 e. The highest BCUT2D eigenvalue weighted by atomic mass is 35.5. The van der Waals surface area contributed by atoms with Crippen LogP contribution in [-0.4, -0.2) is 12.4 Å². The molecule has 0 aliphatic carbocycles. The van der Waals surface area contributed by atoms with E-state index >= 15 is 0 Å². The van der Waals surface area contributed by atoms with Gasteiger partial charge in [-0.25, -0.2) is 0 Å². The molecule has 0 aliphatic rings. The van der Waals surface area contributed by atoms with Crippen LogP contribution in [-0.2, 0) is 12.8 Å². The molecule has 0 bridgehead atoms. The number of benzene rings is 2. The van der Waals surface area contributed by atoms with E-state index in [0.717, 1.165) is 38.1 Å². The highest BCUT2D eigenvalue weighted by Crippen LogP contribution is 2.13. The van der Waals surface area contributed by atoms with Gasteiger partial charge in [-0.15, -0.1) is 11.6 Å². The van der Waals surface area contributed by atoms with Crippen molar-refractivity contribution in [1.82, 2.24) is 0 Å². The fourth-order valence-electron chi connectivity index (χ4n) is 2.28. The van der Waals surface area contributed by atoms with Crippen molar-refractivity contribution in [2.24, 2.45) is 0 Å². The summed E-state index contributed by atoms with van der Waals surface area (Å²) in [5.74, 6) is 0.731. The Kier molecular flexibility index (Phi) is 6.46. The lowest BCUT2D eigenvalue weighted by Gasteiger charge is -2.08. The van der Waals surface area contributed by atoms with Crippen LogP contribution in [0.4, 0.5) is 5.69 Å². The maximum Gasteiger partial charge on any atom is 0.0342 e. The van der Waals surface area contributed by atoms with Gasteiger partial charge >= 0.3 is 0 Å². The van der Waals surface area contributed by atoms with Gasteiger partial charge in [-0.3, -0.25) is 0 Å². The number of nitrogens with one attached hydrogen (secondary N) is 1. The molecule has 0 heterocycles. The average Bonchev–Trinajstić information content (AvgIpc) is 2.51. The highest BCUT2D eigenvalue weighted by Gasteiger charge is 1.97. The van der Waals surface area contributed by atoms with Crippen LogP contribution in [0.2, 0.25) is 0 Å². The molecule has 0 saturated carbocycles. The first-order chi connectivity index (χ1) is 9.88. The Labute approximate surface area is 127 Å². The van der Waals surface area contributed by atoms with Crippen molar-refractivity contribution < 1.29 is 0 Å². The molecule has 0 atom stereocenters. The fraction of sp³-hybridized carbons (Fsp3) is 0.333. The second-order valence-electron chi connectivity index (χ2n) is 5.01. The second kappa shape index (κ2) is 8.65. The van der Waals surface area contributed by atoms with Crippen LogP contribution in [0, 0.1) is 0 Å². The zero-order valence-corrected chi connectivity index (χ0v) is 12.6. The lowest BCUT2D eigenvalue weighted by Crippen LogP contribution is -2.03. The third-order valence-electron chi connectivity index (χ3n) is 3.34. The maximum absolute atomic E-state index is 5.74. The molecule has 2 rings (SSSR count). The Hall–Kier alpha value is -1.47. The monoisotopic (exact) mass is 287 g/mol. The number of aryl methyl sites for hydroxylation is 2. The molecular formula is C18H22ClN. The molecule has 1 N–H and O–H groups in total. The molecule has 20 heavy (non-hydrogen) atoms. The van der Waals surface area contributed by atoms with Gasteiger partial charge in [-0.1, -0.05) is 42.5 Å². The molecule has 106 valence electrons. The van der Waals surface area contributed by atoms with Crippen LogP contribution in [0.5, 0.6) is 0 Å². The van der Waals surface area contributed by atoms with Crippen LogP contribution >= 0.6 is 11.6 Å². The van der Waals surface area contributed by atoms with Gasteiger partial charge in [-0.2, -0.15) is 0 Å². The summed E-state index contributed by atoms with van der Waals surface area (Å²) in [4.78, 5) is 0. The molecule has 0 unspecified atom stereocenters. The van der Waals surface area contributed by atoms with Gasteiger partial charge in [0.25, 0.3) is 0 Å². The topological polar surface area (TPSA) is 12.0 Å². The Balaban J connectivity index is 1.73. The molecule has 2 aromatic rings. The van der Waals surface area contributed by atoms with Crippen molar-refractivity contribution in [3.05, 3.63) is 65.7 Å². The molecular weight excluding hydrogens is 266 g/mol. The van der Waals surface area contributed by atoms with Crippen molar-refractivity contribution in [3.63, 3.8) is 0 Å². The minimum Gasteiger partial charge on any atom is -0.385 e. The fourth-order valence-corrected chi connectivity index (χ4v) is 2.41. The van der Waals surface area contributed by atoms with Crippen LogP contribution in [0.3, 0.4) is 0 Å².